The van der Waals surface area contributed by atoms with Crippen molar-refractivity contribution in [1.82, 2.24) is 24.5 Å². The molecule has 3 aromatic rings. The van der Waals surface area contributed by atoms with Gasteiger partial charge in [0.1, 0.15) is 0 Å². The van der Waals surface area contributed by atoms with Gasteiger partial charge in [0.15, 0.2) is 9.84 Å². The maximum Gasteiger partial charge on any atom is 0.153 e. The first-order valence-corrected chi connectivity index (χ1v) is 11.2. The Kier molecular flexibility index (Phi) is 4.84. The van der Waals surface area contributed by atoms with Gasteiger partial charge in [-0.05, 0) is 37.6 Å². The van der Waals surface area contributed by atoms with Crippen molar-refractivity contribution in [1.29, 1.82) is 0 Å². The van der Waals surface area contributed by atoms with Gasteiger partial charge in [0.25, 0.3) is 0 Å². The first-order chi connectivity index (χ1) is 13.3. The third kappa shape index (κ3) is 3.88. The Balaban J connectivity index is 1.55. The van der Waals surface area contributed by atoms with Crippen LogP contribution in [0.2, 0.25) is 0 Å². The summed E-state index contributed by atoms with van der Waals surface area (Å²) in [4.78, 5) is 2.23. The van der Waals surface area contributed by atoms with Crippen LogP contribution in [0.3, 0.4) is 0 Å². The quantitative estimate of drug-likeness (QED) is 0.672. The van der Waals surface area contributed by atoms with E-state index < -0.39 is 9.84 Å². The molecule has 148 valence electrons. The van der Waals surface area contributed by atoms with Gasteiger partial charge in [0.2, 0.25) is 0 Å². The lowest BCUT2D eigenvalue weighted by Crippen LogP contribution is -2.42. The number of sulfone groups is 1. The average Bonchev–Trinajstić information content (AvgIpc) is 3.22. The van der Waals surface area contributed by atoms with E-state index in [0.29, 0.717) is 13.1 Å². The van der Waals surface area contributed by atoms with E-state index in [1.54, 1.807) is 10.9 Å². The zero-order valence-corrected chi connectivity index (χ0v) is 17.2. The zero-order chi connectivity index (χ0) is 19.9. The summed E-state index contributed by atoms with van der Waals surface area (Å²) in [6, 6.07) is 10.2. The molecule has 1 aliphatic heterocycles. The minimum absolute atomic E-state index is 0.141. The highest BCUT2D eigenvalue weighted by Gasteiger charge is 2.32. The van der Waals surface area contributed by atoms with Crippen LogP contribution in [0.1, 0.15) is 28.6 Å². The normalized spacial score (nSPS) is 19.8. The Morgan fingerprint density at radius 2 is 1.93 bits per heavy atom. The molecule has 0 saturated carbocycles. The van der Waals surface area contributed by atoms with Gasteiger partial charge in [0, 0.05) is 37.6 Å². The molecule has 28 heavy (non-hydrogen) atoms. The molecule has 8 heteroatoms. The van der Waals surface area contributed by atoms with E-state index in [2.05, 4.69) is 45.4 Å². The molecule has 1 unspecified atom stereocenters. The molecule has 7 nitrogen and oxygen atoms in total. The van der Waals surface area contributed by atoms with Gasteiger partial charge in [-0.3, -0.25) is 9.58 Å². The predicted molar refractivity (Wildman–Crippen MR) is 108 cm³/mol. The average molecular weight is 400 g/mol. The molecule has 0 N–H and O–H groups in total. The highest BCUT2D eigenvalue weighted by molar-refractivity contribution is 7.91. The third-order valence-corrected chi connectivity index (χ3v) is 6.86. The molecule has 1 fully saturated rings. The second-order valence-corrected chi connectivity index (χ2v) is 9.78. The summed E-state index contributed by atoms with van der Waals surface area (Å²) in [6.07, 6.45) is 3.68. The van der Waals surface area contributed by atoms with Gasteiger partial charge >= 0.3 is 0 Å². The van der Waals surface area contributed by atoms with Crippen molar-refractivity contribution in [2.24, 2.45) is 7.05 Å². The van der Waals surface area contributed by atoms with Gasteiger partial charge in [-0.1, -0.05) is 12.1 Å². The number of nitrogens with zero attached hydrogens (tertiary/aromatic N) is 5. The second kappa shape index (κ2) is 7.18. The van der Waals surface area contributed by atoms with Crippen LogP contribution in [0.5, 0.6) is 0 Å². The van der Waals surface area contributed by atoms with Crippen molar-refractivity contribution in [3.8, 4) is 5.69 Å². The summed E-state index contributed by atoms with van der Waals surface area (Å²) in [5.41, 5.74) is 5.22. The third-order valence-electron chi connectivity index (χ3n) is 5.23. The fourth-order valence-corrected chi connectivity index (χ4v) is 5.38. The lowest BCUT2D eigenvalue weighted by atomic mass is 10.1. The minimum Gasteiger partial charge on any atom is -0.290 e. The second-order valence-electron chi connectivity index (χ2n) is 7.55. The van der Waals surface area contributed by atoms with Gasteiger partial charge in [-0.25, -0.2) is 13.1 Å². The van der Waals surface area contributed by atoms with E-state index in [-0.39, 0.29) is 17.5 Å². The van der Waals surface area contributed by atoms with Crippen molar-refractivity contribution in [2.45, 2.75) is 26.4 Å². The molecule has 4 rings (SSSR count). The summed E-state index contributed by atoms with van der Waals surface area (Å²) < 4.78 is 28.1. The smallest absolute Gasteiger partial charge is 0.153 e. The summed E-state index contributed by atoms with van der Waals surface area (Å²) in [5, 5.41) is 8.75. The molecule has 0 amide bonds. The monoisotopic (exact) mass is 399 g/mol. The van der Waals surface area contributed by atoms with Gasteiger partial charge in [-0.15, -0.1) is 0 Å². The van der Waals surface area contributed by atoms with Crippen LogP contribution in [0.4, 0.5) is 0 Å². The van der Waals surface area contributed by atoms with Gasteiger partial charge in [0.05, 0.1) is 35.1 Å². The van der Waals surface area contributed by atoms with E-state index in [0.717, 1.165) is 28.2 Å². The molecule has 2 aromatic heterocycles. The Bertz CT molecular complexity index is 1080. The molecule has 1 saturated heterocycles. The van der Waals surface area contributed by atoms with E-state index in [1.807, 2.05) is 31.8 Å². The number of hydrogen-bond acceptors (Lipinski definition) is 5. The number of aromatic nitrogens is 4. The molecular weight excluding hydrogens is 374 g/mol. The summed E-state index contributed by atoms with van der Waals surface area (Å²) in [7, 11) is -1.18. The number of benzene rings is 1. The van der Waals surface area contributed by atoms with Gasteiger partial charge in [-0.2, -0.15) is 10.2 Å². The number of aryl methyl sites for hydroxylation is 3. The summed E-state index contributed by atoms with van der Waals surface area (Å²) >= 11 is 0. The van der Waals surface area contributed by atoms with Crippen molar-refractivity contribution < 1.29 is 8.42 Å². The van der Waals surface area contributed by atoms with E-state index >= 15 is 0 Å². The highest BCUT2D eigenvalue weighted by atomic mass is 32.2. The van der Waals surface area contributed by atoms with Crippen LogP contribution >= 0.6 is 0 Å². The van der Waals surface area contributed by atoms with Crippen LogP contribution < -0.4 is 0 Å². The standard InChI is InChI=1S/C20H25N5O2S/c1-15-10-16(2)25(22-15)19-6-4-17(5-7-19)12-24-8-9-28(26,27)14-20(24)18-11-21-23(3)13-18/h4-7,10-11,13,20H,8-9,12,14H2,1-3H3. The first-order valence-electron chi connectivity index (χ1n) is 9.36. The van der Waals surface area contributed by atoms with Crippen LogP contribution in [0, 0.1) is 13.8 Å². The molecule has 0 aliphatic carbocycles. The first kappa shape index (κ1) is 18.9. The molecule has 0 radical (unpaired) electrons. The van der Waals surface area contributed by atoms with Crippen LogP contribution in [0.25, 0.3) is 5.69 Å². The fraction of sp³-hybridized carbons (Fsp3) is 0.400. The van der Waals surface area contributed by atoms with Gasteiger partial charge < -0.3 is 0 Å². The van der Waals surface area contributed by atoms with Crippen molar-refractivity contribution in [2.75, 3.05) is 18.1 Å². The van der Waals surface area contributed by atoms with Crippen LogP contribution in [-0.4, -0.2) is 50.9 Å². The lowest BCUT2D eigenvalue weighted by molar-refractivity contribution is 0.206. The zero-order valence-electron chi connectivity index (χ0n) is 16.4. The molecule has 3 heterocycles. The summed E-state index contributed by atoms with van der Waals surface area (Å²) in [6.45, 7) is 5.26. The Morgan fingerprint density at radius 3 is 2.54 bits per heavy atom. The maximum atomic E-state index is 12.2. The minimum atomic E-state index is -3.03. The molecule has 1 aliphatic rings. The van der Waals surface area contributed by atoms with Crippen LogP contribution in [0.15, 0.2) is 42.7 Å². The Labute approximate surface area is 165 Å². The number of rotatable bonds is 4. The Hall–Kier alpha value is -2.45. The summed E-state index contributed by atoms with van der Waals surface area (Å²) in [5.74, 6) is 0.343. The van der Waals surface area contributed by atoms with E-state index in [4.69, 9.17) is 0 Å². The van der Waals surface area contributed by atoms with Crippen molar-refractivity contribution in [3.05, 3.63) is 65.2 Å². The molecule has 0 spiro atoms. The highest BCUT2D eigenvalue weighted by Crippen LogP contribution is 2.28. The number of hydrogen-bond donors (Lipinski definition) is 0. The predicted octanol–water partition coefficient (Wildman–Crippen LogP) is 2.19. The fourth-order valence-electron chi connectivity index (χ4n) is 3.82. The largest absolute Gasteiger partial charge is 0.290 e. The molecule has 1 aromatic carbocycles. The van der Waals surface area contributed by atoms with Crippen LogP contribution in [-0.2, 0) is 23.4 Å². The van der Waals surface area contributed by atoms with E-state index in [9.17, 15) is 8.42 Å². The molecular formula is C20H25N5O2S. The molecule has 1 atom stereocenters. The van der Waals surface area contributed by atoms with Crippen molar-refractivity contribution >= 4 is 9.84 Å². The van der Waals surface area contributed by atoms with E-state index in [1.165, 1.54) is 0 Å². The topological polar surface area (TPSA) is 73.0 Å². The van der Waals surface area contributed by atoms with Crippen molar-refractivity contribution in [3.63, 3.8) is 0 Å². The lowest BCUT2D eigenvalue weighted by Gasteiger charge is -2.35. The molecule has 0 bridgehead atoms. The maximum absolute atomic E-state index is 12.2. The Morgan fingerprint density at radius 1 is 1.18 bits per heavy atom. The SMILES string of the molecule is Cc1cc(C)n(-c2ccc(CN3CCS(=O)(=O)CC3c3cnn(C)c3)cc2)n1.